The molecular weight excluding hydrogens is 257 g/mol. The van der Waals surface area contributed by atoms with E-state index in [4.69, 9.17) is 24.2 Å². The van der Waals surface area contributed by atoms with Crippen molar-refractivity contribution >= 4 is 22.4 Å². The number of rotatable bonds is 2. The Labute approximate surface area is 87.1 Å². The summed E-state index contributed by atoms with van der Waals surface area (Å²) in [5.74, 6) is -2.78. The molecule has 2 unspecified atom stereocenters. The van der Waals surface area contributed by atoms with Gasteiger partial charge in [-0.3, -0.25) is 0 Å². The first-order valence-electron chi connectivity index (χ1n) is 3.40. The summed E-state index contributed by atoms with van der Waals surface area (Å²) in [7, 11) is 0. The number of carbonyl (C=O) groups is 1. The van der Waals surface area contributed by atoms with Crippen LogP contribution in [0.15, 0.2) is 11.5 Å². The van der Waals surface area contributed by atoms with Crippen LogP contribution in [0.5, 0.6) is 0 Å². The number of hydrogen-bond donors (Lipinski definition) is 4. The van der Waals surface area contributed by atoms with Crippen molar-refractivity contribution in [2.45, 2.75) is 12.2 Å². The number of aliphatic hydroxyl groups excluding tert-OH is 4. The fourth-order valence-corrected chi connectivity index (χ4v) is 0.823. The fraction of sp³-hybridized carbons (Fsp3) is 0.500. The second-order valence-electron chi connectivity index (χ2n) is 2.31. The zero-order chi connectivity index (χ0) is 11.3. The molecule has 1 aliphatic rings. The molecule has 2 radical (unpaired) electrons. The Hall–Kier alpha value is -0.927. The summed E-state index contributed by atoms with van der Waals surface area (Å²) >= 11 is 0.750. The van der Waals surface area contributed by atoms with Crippen LogP contribution in [0.4, 0.5) is 0 Å². The normalized spacial score (nSPS) is 22.4. The van der Waals surface area contributed by atoms with Crippen LogP contribution >= 0.6 is 0 Å². The van der Waals surface area contributed by atoms with Gasteiger partial charge in [0.25, 0.3) is 0 Å². The van der Waals surface area contributed by atoms with Gasteiger partial charge < -0.3 is 25.2 Å². The van der Waals surface area contributed by atoms with E-state index in [1.54, 1.807) is 0 Å². The number of ether oxygens (including phenoxy) is 1. The average Bonchev–Trinajstić information content (AvgIpc) is 2.48. The Balaban J connectivity index is 0.000000791. The summed E-state index contributed by atoms with van der Waals surface area (Å²) in [6.07, 6.45) is -2.78. The van der Waals surface area contributed by atoms with Crippen LogP contribution < -0.4 is 0 Å². The SMILES string of the molecule is O=C1OC(C(O)CO)C(O)=C1O.[O]=[Ge]. The van der Waals surface area contributed by atoms with E-state index < -0.39 is 36.3 Å². The third kappa shape index (κ3) is 2.53. The van der Waals surface area contributed by atoms with Gasteiger partial charge in [0.2, 0.25) is 5.76 Å². The molecule has 0 spiro atoms. The molecule has 0 aromatic heterocycles. The average molecular weight is 265 g/mol. The molecule has 0 aliphatic carbocycles. The molecule has 14 heavy (non-hydrogen) atoms. The van der Waals surface area contributed by atoms with Crippen LogP contribution in [0.3, 0.4) is 0 Å². The minimum atomic E-state index is -1.42. The summed E-state index contributed by atoms with van der Waals surface area (Å²) in [4.78, 5) is 10.5. The number of esters is 1. The van der Waals surface area contributed by atoms with Gasteiger partial charge >= 0.3 is 26.2 Å². The van der Waals surface area contributed by atoms with Crippen LogP contribution in [0.1, 0.15) is 0 Å². The molecule has 1 rings (SSSR count). The van der Waals surface area contributed by atoms with Crippen LogP contribution in [-0.2, 0) is 13.3 Å². The summed E-state index contributed by atoms with van der Waals surface area (Å²) in [6.45, 7) is -0.671. The van der Waals surface area contributed by atoms with E-state index in [0.29, 0.717) is 0 Å². The van der Waals surface area contributed by atoms with Gasteiger partial charge in [0.05, 0.1) is 6.61 Å². The van der Waals surface area contributed by atoms with Crippen molar-refractivity contribution in [3.05, 3.63) is 11.5 Å². The third-order valence-corrected chi connectivity index (χ3v) is 1.48. The molecule has 0 aromatic carbocycles. The molecule has 7 nitrogen and oxygen atoms in total. The Bertz CT molecular complexity index is 251. The van der Waals surface area contributed by atoms with E-state index in [-0.39, 0.29) is 0 Å². The zero-order valence-electron chi connectivity index (χ0n) is 6.88. The first-order valence-corrected chi connectivity index (χ1v) is 4.26. The van der Waals surface area contributed by atoms with E-state index in [0.717, 1.165) is 16.5 Å². The maximum absolute atomic E-state index is 10.5. The van der Waals surface area contributed by atoms with Crippen molar-refractivity contribution in [2.24, 2.45) is 0 Å². The molecule has 0 saturated heterocycles. The molecule has 1 heterocycles. The predicted molar refractivity (Wildman–Crippen MR) is 41.7 cm³/mol. The molecule has 0 aromatic rings. The quantitative estimate of drug-likeness (QED) is 0.339. The van der Waals surface area contributed by atoms with Crippen molar-refractivity contribution in [1.82, 2.24) is 0 Å². The van der Waals surface area contributed by atoms with Crippen molar-refractivity contribution in [3.63, 3.8) is 0 Å². The monoisotopic (exact) mass is 266 g/mol. The summed E-state index contributed by atoms with van der Waals surface area (Å²) in [5, 5.41) is 35.0. The van der Waals surface area contributed by atoms with Gasteiger partial charge in [0.1, 0.15) is 6.10 Å². The summed E-state index contributed by atoms with van der Waals surface area (Å²) in [6, 6.07) is 0. The second kappa shape index (κ2) is 5.73. The van der Waals surface area contributed by atoms with Gasteiger partial charge in [0, 0.05) is 0 Å². The van der Waals surface area contributed by atoms with Gasteiger partial charge in [0.15, 0.2) is 11.9 Å². The van der Waals surface area contributed by atoms with Crippen LogP contribution in [0, 0.1) is 0 Å². The van der Waals surface area contributed by atoms with E-state index in [9.17, 15) is 4.79 Å². The molecule has 0 saturated carbocycles. The zero-order valence-corrected chi connectivity index (χ0v) is 8.97. The Kier molecular flexibility index (Phi) is 5.35. The summed E-state index contributed by atoms with van der Waals surface area (Å²) in [5.41, 5.74) is 0. The van der Waals surface area contributed by atoms with Crippen molar-refractivity contribution < 1.29 is 33.7 Å². The third-order valence-electron chi connectivity index (χ3n) is 1.48. The van der Waals surface area contributed by atoms with E-state index in [1.165, 1.54) is 0 Å². The number of cyclic esters (lactones) is 1. The Morgan fingerprint density at radius 3 is 2.21 bits per heavy atom. The Morgan fingerprint density at radius 1 is 1.43 bits per heavy atom. The van der Waals surface area contributed by atoms with Gasteiger partial charge in [-0.05, 0) is 0 Å². The van der Waals surface area contributed by atoms with Gasteiger partial charge in [-0.2, -0.15) is 0 Å². The fourth-order valence-electron chi connectivity index (χ4n) is 0.823. The molecule has 1 aliphatic heterocycles. The molecule has 0 bridgehead atoms. The van der Waals surface area contributed by atoms with Crippen LogP contribution in [0.25, 0.3) is 0 Å². The first-order chi connectivity index (χ1) is 6.57. The van der Waals surface area contributed by atoms with Crippen LogP contribution in [-0.4, -0.2) is 61.7 Å². The van der Waals surface area contributed by atoms with Crippen LogP contribution in [0.2, 0.25) is 0 Å². The topological polar surface area (TPSA) is 124 Å². The first kappa shape index (κ1) is 13.1. The molecular formula is C6H8GeO7. The second-order valence-corrected chi connectivity index (χ2v) is 2.31. The van der Waals surface area contributed by atoms with E-state index >= 15 is 0 Å². The van der Waals surface area contributed by atoms with Gasteiger partial charge in [-0.15, -0.1) is 0 Å². The molecule has 0 fully saturated rings. The van der Waals surface area contributed by atoms with Crippen molar-refractivity contribution in [1.29, 1.82) is 0 Å². The number of carbonyl (C=O) groups excluding carboxylic acids is 1. The molecule has 4 N–H and O–H groups in total. The molecule has 78 valence electrons. The Morgan fingerprint density at radius 2 is 1.93 bits per heavy atom. The predicted octanol–water partition coefficient (Wildman–Crippen LogP) is -1.91. The van der Waals surface area contributed by atoms with Gasteiger partial charge in [-0.25, -0.2) is 4.79 Å². The maximum atomic E-state index is 10.5. The van der Waals surface area contributed by atoms with Crippen molar-refractivity contribution in [2.75, 3.05) is 6.61 Å². The van der Waals surface area contributed by atoms with Gasteiger partial charge in [-0.1, -0.05) is 0 Å². The summed E-state index contributed by atoms with van der Waals surface area (Å²) < 4.78 is 12.6. The molecule has 2 atom stereocenters. The minimum absolute atomic E-state index is 0.671. The standard InChI is InChI=1S/C6H8O6.GeO/c7-1-2(8)5-3(9)4(10)6(11)12-5;1-2/h2,5,7-10H,1H2;. The van der Waals surface area contributed by atoms with Crippen molar-refractivity contribution in [3.8, 4) is 0 Å². The molecule has 8 heteroatoms. The van der Waals surface area contributed by atoms with E-state index in [1.807, 2.05) is 0 Å². The van der Waals surface area contributed by atoms with E-state index in [2.05, 4.69) is 4.74 Å². The molecule has 0 amide bonds. The number of hydrogen-bond acceptors (Lipinski definition) is 7. The number of aliphatic hydroxyl groups is 4.